The van der Waals surface area contributed by atoms with Crippen molar-refractivity contribution in [1.29, 1.82) is 0 Å². The Kier molecular flexibility index (Phi) is 6.44. The number of thioether (sulfide) groups is 1. The first-order valence-corrected chi connectivity index (χ1v) is 12.6. The lowest BCUT2D eigenvalue weighted by Crippen LogP contribution is -2.40. The minimum atomic E-state index is -3.51. The number of sulfonamides is 1. The Morgan fingerprint density at radius 3 is 2.67 bits per heavy atom. The van der Waals surface area contributed by atoms with Gasteiger partial charge in [-0.3, -0.25) is 9.36 Å². The summed E-state index contributed by atoms with van der Waals surface area (Å²) < 4.78 is 39.2. The van der Waals surface area contributed by atoms with Crippen LogP contribution in [0.1, 0.15) is 0 Å². The average Bonchev–Trinajstić information content (AvgIpc) is 3.24. The zero-order valence-corrected chi connectivity index (χ0v) is 18.8. The normalized spacial score (nSPS) is 15.5. The van der Waals surface area contributed by atoms with Crippen LogP contribution in [-0.4, -0.2) is 60.9 Å². The fourth-order valence-corrected chi connectivity index (χ4v) is 6.05. The van der Waals surface area contributed by atoms with Gasteiger partial charge in [-0.05, 0) is 35.7 Å². The molecule has 30 heavy (non-hydrogen) atoms. The lowest BCUT2D eigenvalue weighted by molar-refractivity contribution is 0.0730. The van der Waals surface area contributed by atoms with E-state index >= 15 is 0 Å². The van der Waals surface area contributed by atoms with Gasteiger partial charge in [0.05, 0.1) is 30.1 Å². The van der Waals surface area contributed by atoms with E-state index in [0.29, 0.717) is 55.0 Å². The highest BCUT2D eigenvalue weighted by molar-refractivity contribution is 7.99. The second-order valence-corrected chi connectivity index (χ2v) is 10.5. The van der Waals surface area contributed by atoms with Crippen LogP contribution in [0.2, 0.25) is 0 Å². The molecule has 0 bridgehead atoms. The van der Waals surface area contributed by atoms with Crippen molar-refractivity contribution in [2.24, 2.45) is 7.05 Å². The van der Waals surface area contributed by atoms with Gasteiger partial charge < -0.3 is 9.47 Å². The van der Waals surface area contributed by atoms with Crippen LogP contribution in [0.4, 0.5) is 0 Å². The van der Waals surface area contributed by atoms with Crippen molar-refractivity contribution in [3.8, 4) is 5.75 Å². The molecular formula is C19H21N3O5S3. The molecule has 0 atom stereocenters. The number of hydrogen-bond acceptors (Lipinski definition) is 8. The summed E-state index contributed by atoms with van der Waals surface area (Å²) in [4.78, 5) is 17.8. The van der Waals surface area contributed by atoms with E-state index in [1.807, 2.05) is 5.38 Å². The highest BCUT2D eigenvalue weighted by Crippen LogP contribution is 2.22. The monoisotopic (exact) mass is 467 g/mol. The van der Waals surface area contributed by atoms with Crippen molar-refractivity contribution in [2.75, 3.05) is 38.7 Å². The number of aromatic nitrogens is 2. The van der Waals surface area contributed by atoms with Gasteiger partial charge in [0, 0.05) is 25.9 Å². The number of fused-ring (bicyclic) bond motifs is 1. The predicted octanol–water partition coefficient (Wildman–Crippen LogP) is 2.19. The molecule has 2 aromatic heterocycles. The first-order valence-electron chi connectivity index (χ1n) is 9.34. The molecular weight excluding hydrogens is 446 g/mol. The van der Waals surface area contributed by atoms with Gasteiger partial charge >= 0.3 is 0 Å². The molecule has 11 heteroatoms. The summed E-state index contributed by atoms with van der Waals surface area (Å²) in [5.41, 5.74) is -0.0539. The molecule has 1 aliphatic heterocycles. The molecule has 0 radical (unpaired) electrons. The van der Waals surface area contributed by atoms with Gasteiger partial charge in [-0.1, -0.05) is 11.8 Å². The summed E-state index contributed by atoms with van der Waals surface area (Å²) in [7, 11) is -1.80. The molecule has 0 spiro atoms. The molecule has 3 aromatic rings. The van der Waals surface area contributed by atoms with E-state index in [0.717, 1.165) is 4.83 Å². The van der Waals surface area contributed by atoms with E-state index in [1.54, 1.807) is 41.9 Å². The molecule has 1 fully saturated rings. The Morgan fingerprint density at radius 2 is 1.93 bits per heavy atom. The minimum absolute atomic E-state index is 0.0539. The van der Waals surface area contributed by atoms with E-state index in [-0.39, 0.29) is 10.5 Å². The molecule has 1 aliphatic rings. The summed E-state index contributed by atoms with van der Waals surface area (Å²) in [6, 6.07) is 8.22. The first-order chi connectivity index (χ1) is 14.5. The molecule has 160 valence electrons. The number of benzene rings is 1. The summed E-state index contributed by atoms with van der Waals surface area (Å²) in [5.74, 6) is 1.19. The van der Waals surface area contributed by atoms with Gasteiger partial charge in [-0.25, -0.2) is 13.4 Å². The number of thiophene rings is 1. The Hall–Kier alpha value is -1.92. The predicted molar refractivity (Wildman–Crippen MR) is 117 cm³/mol. The summed E-state index contributed by atoms with van der Waals surface area (Å²) in [6.07, 6.45) is 0. The minimum Gasteiger partial charge on any atom is -0.493 e. The molecule has 8 nitrogen and oxygen atoms in total. The van der Waals surface area contributed by atoms with Crippen LogP contribution in [0, 0.1) is 0 Å². The van der Waals surface area contributed by atoms with Gasteiger partial charge in [0.2, 0.25) is 10.0 Å². The second kappa shape index (κ2) is 9.06. The number of nitrogens with zero attached hydrogens (tertiary/aromatic N) is 3. The molecule has 0 N–H and O–H groups in total. The summed E-state index contributed by atoms with van der Waals surface area (Å²) >= 11 is 2.89. The molecule has 3 heterocycles. The van der Waals surface area contributed by atoms with Crippen molar-refractivity contribution in [2.45, 2.75) is 10.1 Å². The molecule has 4 rings (SSSR count). The van der Waals surface area contributed by atoms with Crippen molar-refractivity contribution in [1.82, 2.24) is 13.9 Å². The fourth-order valence-electron chi connectivity index (χ4n) is 3.05. The van der Waals surface area contributed by atoms with Crippen molar-refractivity contribution in [3.05, 3.63) is 46.1 Å². The topological polar surface area (TPSA) is 90.7 Å². The molecule has 0 unspecified atom stereocenters. The Bertz CT molecular complexity index is 1180. The van der Waals surface area contributed by atoms with Gasteiger partial charge in [0.25, 0.3) is 5.56 Å². The van der Waals surface area contributed by atoms with Crippen LogP contribution in [-0.2, 0) is 21.8 Å². The van der Waals surface area contributed by atoms with E-state index in [9.17, 15) is 13.2 Å². The van der Waals surface area contributed by atoms with Crippen LogP contribution in [0.15, 0.2) is 50.6 Å². The third kappa shape index (κ3) is 4.40. The quantitative estimate of drug-likeness (QED) is 0.299. The molecule has 1 saturated heterocycles. The van der Waals surface area contributed by atoms with Gasteiger partial charge in [-0.15, -0.1) is 11.3 Å². The summed E-state index contributed by atoms with van der Waals surface area (Å²) in [6.45, 7) is 1.96. The Morgan fingerprint density at radius 1 is 1.20 bits per heavy atom. The van der Waals surface area contributed by atoms with Crippen molar-refractivity contribution < 1.29 is 17.9 Å². The zero-order valence-electron chi connectivity index (χ0n) is 16.3. The maximum absolute atomic E-state index is 12.6. The van der Waals surface area contributed by atoms with Gasteiger partial charge in [-0.2, -0.15) is 4.31 Å². The number of ether oxygens (including phenoxy) is 2. The highest BCUT2D eigenvalue weighted by atomic mass is 32.2. The molecule has 0 amide bonds. The standard InChI is InChI=1S/C19H21N3O5S3/c1-21-18(23)16-6-12-28-17(16)20-19(21)29-13-11-27-14-2-4-15(5-3-14)30(24,25)22-7-9-26-10-8-22/h2-6,12H,7-11,13H2,1H3. The van der Waals surface area contributed by atoms with E-state index < -0.39 is 10.0 Å². The number of morpholine rings is 1. The van der Waals surface area contributed by atoms with Crippen LogP contribution in [0.5, 0.6) is 5.75 Å². The first kappa shape index (κ1) is 21.3. The molecule has 1 aromatic carbocycles. The van der Waals surface area contributed by atoms with Crippen LogP contribution >= 0.6 is 23.1 Å². The second-order valence-electron chi connectivity index (χ2n) is 6.58. The lowest BCUT2D eigenvalue weighted by atomic mass is 10.3. The smallest absolute Gasteiger partial charge is 0.262 e. The Balaban J connectivity index is 1.34. The number of hydrogen-bond donors (Lipinski definition) is 0. The van der Waals surface area contributed by atoms with E-state index in [2.05, 4.69) is 4.98 Å². The largest absolute Gasteiger partial charge is 0.493 e. The van der Waals surface area contributed by atoms with Crippen LogP contribution in [0.25, 0.3) is 10.2 Å². The van der Waals surface area contributed by atoms with Gasteiger partial charge in [0.15, 0.2) is 5.16 Å². The zero-order chi connectivity index (χ0) is 21.1. The molecule has 0 aliphatic carbocycles. The maximum atomic E-state index is 12.6. The SMILES string of the molecule is Cn1c(SCCOc2ccc(S(=O)(=O)N3CCOCC3)cc2)nc2sccc2c1=O. The van der Waals surface area contributed by atoms with Crippen molar-refractivity contribution >= 4 is 43.3 Å². The third-order valence-electron chi connectivity index (χ3n) is 4.68. The highest BCUT2D eigenvalue weighted by Gasteiger charge is 2.26. The maximum Gasteiger partial charge on any atom is 0.262 e. The van der Waals surface area contributed by atoms with E-state index in [4.69, 9.17) is 9.47 Å². The fraction of sp³-hybridized carbons (Fsp3) is 0.368. The van der Waals surface area contributed by atoms with Crippen LogP contribution in [0.3, 0.4) is 0 Å². The van der Waals surface area contributed by atoms with Crippen LogP contribution < -0.4 is 10.3 Å². The summed E-state index contributed by atoms with van der Waals surface area (Å²) in [5, 5.41) is 3.14. The Labute approximate surface area is 182 Å². The average molecular weight is 468 g/mol. The van der Waals surface area contributed by atoms with Gasteiger partial charge in [0.1, 0.15) is 10.6 Å². The molecule has 0 saturated carbocycles. The third-order valence-corrected chi connectivity index (χ3v) is 8.39. The lowest BCUT2D eigenvalue weighted by Gasteiger charge is -2.26. The number of rotatable bonds is 7. The van der Waals surface area contributed by atoms with E-state index in [1.165, 1.54) is 27.4 Å². The van der Waals surface area contributed by atoms with Crippen molar-refractivity contribution in [3.63, 3.8) is 0 Å².